The van der Waals surface area contributed by atoms with Crippen LogP contribution in [0.1, 0.15) is 22.8 Å². The van der Waals surface area contributed by atoms with Crippen LogP contribution in [0.2, 0.25) is 0 Å². The summed E-state index contributed by atoms with van der Waals surface area (Å²) >= 11 is 0. The predicted molar refractivity (Wildman–Crippen MR) is 97.5 cm³/mol. The number of carbonyl (C=O) groups is 2. The molecule has 0 saturated heterocycles. The van der Waals surface area contributed by atoms with Crippen LogP contribution < -0.4 is 15.8 Å². The number of ether oxygens (including phenoxy) is 1. The second kappa shape index (κ2) is 8.84. The zero-order valence-electron chi connectivity index (χ0n) is 14.5. The van der Waals surface area contributed by atoms with Gasteiger partial charge in [0.15, 0.2) is 0 Å². The Morgan fingerprint density at radius 3 is 2.24 bits per heavy atom. The number of likely N-dealkylation sites (N-methyl/N-ethyl adjacent to an activating group) is 1. The van der Waals surface area contributed by atoms with Gasteiger partial charge in [-0.05, 0) is 48.5 Å². The highest BCUT2D eigenvalue weighted by atomic mass is 16.5. The van der Waals surface area contributed by atoms with Gasteiger partial charge in [0.1, 0.15) is 5.75 Å². The van der Waals surface area contributed by atoms with Crippen LogP contribution in [0.25, 0.3) is 0 Å². The summed E-state index contributed by atoms with van der Waals surface area (Å²) in [6.07, 6.45) is 0. The van der Waals surface area contributed by atoms with Crippen LogP contribution in [-0.4, -0.2) is 36.9 Å². The summed E-state index contributed by atoms with van der Waals surface area (Å²) in [5.41, 5.74) is 7.46. The molecule has 132 valence electrons. The molecule has 2 amide bonds. The molecular formula is C19H23N3O3. The number of hydrogen-bond acceptors (Lipinski definition) is 4. The van der Waals surface area contributed by atoms with E-state index < -0.39 is 5.91 Å². The Morgan fingerprint density at radius 2 is 1.72 bits per heavy atom. The molecular weight excluding hydrogens is 318 g/mol. The van der Waals surface area contributed by atoms with E-state index in [2.05, 4.69) is 5.32 Å². The quantitative estimate of drug-likeness (QED) is 0.771. The van der Waals surface area contributed by atoms with Crippen molar-refractivity contribution in [1.82, 2.24) is 4.90 Å². The molecule has 0 radical (unpaired) electrons. The van der Waals surface area contributed by atoms with Crippen LogP contribution in [0, 0.1) is 0 Å². The summed E-state index contributed by atoms with van der Waals surface area (Å²) in [4.78, 5) is 25.3. The Kier molecular flexibility index (Phi) is 6.54. The van der Waals surface area contributed by atoms with Gasteiger partial charge < -0.3 is 15.8 Å². The number of nitrogens with two attached hydrogens (primary N) is 1. The third-order valence-corrected chi connectivity index (χ3v) is 3.83. The number of methoxy groups -OCH3 is 1. The lowest BCUT2D eigenvalue weighted by Gasteiger charge is -2.20. The molecule has 25 heavy (non-hydrogen) atoms. The van der Waals surface area contributed by atoms with Crippen LogP contribution in [0.15, 0.2) is 48.5 Å². The van der Waals surface area contributed by atoms with Gasteiger partial charge in [-0.2, -0.15) is 0 Å². The van der Waals surface area contributed by atoms with E-state index in [1.54, 1.807) is 43.5 Å². The molecule has 0 spiro atoms. The van der Waals surface area contributed by atoms with Crippen LogP contribution in [0.4, 0.5) is 5.69 Å². The van der Waals surface area contributed by atoms with E-state index in [0.717, 1.165) is 23.5 Å². The van der Waals surface area contributed by atoms with Crippen molar-refractivity contribution in [3.05, 3.63) is 59.7 Å². The first-order valence-electron chi connectivity index (χ1n) is 8.06. The van der Waals surface area contributed by atoms with E-state index in [0.29, 0.717) is 12.1 Å². The van der Waals surface area contributed by atoms with E-state index >= 15 is 0 Å². The van der Waals surface area contributed by atoms with Crippen molar-refractivity contribution < 1.29 is 14.3 Å². The van der Waals surface area contributed by atoms with Crippen LogP contribution in [0.5, 0.6) is 5.75 Å². The Labute approximate surface area is 147 Å². The molecule has 2 rings (SSSR count). The fourth-order valence-electron chi connectivity index (χ4n) is 2.39. The number of primary amides is 1. The van der Waals surface area contributed by atoms with Gasteiger partial charge >= 0.3 is 0 Å². The zero-order valence-corrected chi connectivity index (χ0v) is 14.5. The van der Waals surface area contributed by atoms with Crippen molar-refractivity contribution in [1.29, 1.82) is 0 Å². The molecule has 0 aliphatic carbocycles. The number of nitrogens with zero attached hydrogens (tertiary/aromatic N) is 1. The second-order valence-corrected chi connectivity index (χ2v) is 5.64. The molecule has 6 heteroatoms. The van der Waals surface area contributed by atoms with Crippen molar-refractivity contribution in [2.45, 2.75) is 13.5 Å². The minimum Gasteiger partial charge on any atom is -0.497 e. The molecule has 0 heterocycles. The highest BCUT2D eigenvalue weighted by Gasteiger charge is 2.10. The van der Waals surface area contributed by atoms with Crippen LogP contribution in [0.3, 0.4) is 0 Å². The maximum Gasteiger partial charge on any atom is 0.248 e. The summed E-state index contributed by atoms with van der Waals surface area (Å²) in [5, 5.41) is 2.87. The number of hydrogen-bond donors (Lipinski definition) is 2. The fraction of sp³-hybridized carbons (Fsp3) is 0.263. The first-order chi connectivity index (χ1) is 12.0. The Morgan fingerprint density at radius 1 is 1.08 bits per heavy atom. The van der Waals surface area contributed by atoms with E-state index in [4.69, 9.17) is 10.5 Å². The molecule has 0 aliphatic rings. The van der Waals surface area contributed by atoms with Crippen LogP contribution in [-0.2, 0) is 11.3 Å². The second-order valence-electron chi connectivity index (χ2n) is 5.64. The van der Waals surface area contributed by atoms with Gasteiger partial charge in [0.2, 0.25) is 11.8 Å². The Bertz CT molecular complexity index is 712. The highest BCUT2D eigenvalue weighted by molar-refractivity contribution is 5.93. The number of nitrogens with one attached hydrogen (secondary N) is 1. The zero-order chi connectivity index (χ0) is 18.2. The molecule has 0 atom stereocenters. The molecule has 2 aromatic rings. The van der Waals surface area contributed by atoms with E-state index in [1.165, 1.54) is 0 Å². The first kappa shape index (κ1) is 18.5. The van der Waals surface area contributed by atoms with Crippen molar-refractivity contribution in [2.24, 2.45) is 5.73 Å². The lowest BCUT2D eigenvalue weighted by atomic mass is 10.1. The summed E-state index contributed by atoms with van der Waals surface area (Å²) in [5.74, 6) is 0.214. The molecule has 3 N–H and O–H groups in total. The molecule has 2 aromatic carbocycles. The summed E-state index contributed by atoms with van der Waals surface area (Å²) < 4.78 is 5.10. The average molecular weight is 341 g/mol. The maximum atomic E-state index is 12.2. The SMILES string of the molecule is CCN(CC(=O)Nc1ccc(OC)cc1)Cc1ccc(C(N)=O)cc1. The topological polar surface area (TPSA) is 84.7 Å². The first-order valence-corrected chi connectivity index (χ1v) is 8.06. The third-order valence-electron chi connectivity index (χ3n) is 3.83. The van der Waals surface area contributed by atoms with Crippen molar-refractivity contribution in [3.63, 3.8) is 0 Å². The monoisotopic (exact) mass is 341 g/mol. The minimum atomic E-state index is -0.447. The van der Waals surface area contributed by atoms with E-state index in [1.807, 2.05) is 24.0 Å². The van der Waals surface area contributed by atoms with Gasteiger partial charge in [-0.1, -0.05) is 19.1 Å². The number of anilines is 1. The van der Waals surface area contributed by atoms with E-state index in [9.17, 15) is 9.59 Å². The predicted octanol–water partition coefficient (Wildman–Crippen LogP) is 2.25. The number of rotatable bonds is 8. The van der Waals surface area contributed by atoms with Gasteiger partial charge in [0, 0.05) is 17.8 Å². The molecule has 0 fully saturated rings. The van der Waals surface area contributed by atoms with Gasteiger partial charge in [-0.3, -0.25) is 14.5 Å². The molecule has 0 bridgehead atoms. The third kappa shape index (κ3) is 5.61. The lowest BCUT2D eigenvalue weighted by Crippen LogP contribution is -2.32. The van der Waals surface area contributed by atoms with Gasteiger partial charge in [0.25, 0.3) is 0 Å². The average Bonchev–Trinajstić information content (AvgIpc) is 2.62. The molecule has 0 saturated carbocycles. The van der Waals surface area contributed by atoms with Gasteiger partial charge in [-0.25, -0.2) is 0 Å². The fourth-order valence-corrected chi connectivity index (χ4v) is 2.39. The van der Waals surface area contributed by atoms with Gasteiger partial charge in [-0.15, -0.1) is 0 Å². The lowest BCUT2D eigenvalue weighted by molar-refractivity contribution is -0.117. The molecule has 0 aromatic heterocycles. The maximum absolute atomic E-state index is 12.2. The van der Waals surface area contributed by atoms with Gasteiger partial charge in [0.05, 0.1) is 13.7 Å². The smallest absolute Gasteiger partial charge is 0.248 e. The number of benzene rings is 2. The molecule has 0 unspecified atom stereocenters. The summed E-state index contributed by atoms with van der Waals surface area (Å²) in [6, 6.07) is 14.3. The molecule has 6 nitrogen and oxygen atoms in total. The van der Waals surface area contributed by atoms with E-state index in [-0.39, 0.29) is 12.5 Å². The Hall–Kier alpha value is -2.86. The highest BCUT2D eigenvalue weighted by Crippen LogP contribution is 2.15. The summed E-state index contributed by atoms with van der Waals surface area (Å²) in [6.45, 7) is 3.62. The largest absolute Gasteiger partial charge is 0.497 e. The summed E-state index contributed by atoms with van der Waals surface area (Å²) in [7, 11) is 1.60. The van der Waals surface area contributed by atoms with Crippen LogP contribution >= 0.6 is 0 Å². The normalized spacial score (nSPS) is 10.5. The standard InChI is InChI=1S/C19H23N3O3/c1-3-22(12-14-4-6-15(7-5-14)19(20)24)13-18(23)21-16-8-10-17(25-2)11-9-16/h4-11H,3,12-13H2,1-2H3,(H2,20,24)(H,21,23). The molecule has 0 aliphatic heterocycles. The Balaban J connectivity index is 1.91. The van der Waals surface area contributed by atoms with Crippen molar-refractivity contribution in [3.8, 4) is 5.75 Å². The minimum absolute atomic E-state index is 0.0826. The van der Waals surface area contributed by atoms with Crippen molar-refractivity contribution in [2.75, 3.05) is 25.5 Å². The van der Waals surface area contributed by atoms with Crippen molar-refractivity contribution >= 4 is 17.5 Å². The number of carbonyl (C=O) groups excluding carboxylic acids is 2. The number of amides is 2.